The van der Waals surface area contributed by atoms with Gasteiger partial charge in [-0.3, -0.25) is 28.9 Å². The molecule has 0 unspecified atom stereocenters. The number of rotatable bonds is 3. The van der Waals surface area contributed by atoms with Crippen molar-refractivity contribution in [3.63, 3.8) is 0 Å². The zero-order valence-electron chi connectivity index (χ0n) is 17.1. The topological polar surface area (TPSA) is 104 Å². The van der Waals surface area contributed by atoms with E-state index in [1.54, 1.807) is 30.3 Å². The molecule has 0 radical (unpaired) electrons. The van der Waals surface area contributed by atoms with E-state index in [2.05, 4.69) is 21.2 Å². The molecule has 9 heteroatoms. The molecule has 0 fully saturated rings. The number of nitrogens with one attached hydrogen (secondary N) is 1. The molecule has 3 aromatic rings. The SMILES string of the molecule is CN1C(=O)c2ccc(N3C(=O)c4ccc(NC(=O)c5ccc(Br)cc5)cc4C3=O)cc2C1=O. The molecule has 1 N–H and O–H groups in total. The number of benzene rings is 3. The van der Waals surface area contributed by atoms with Crippen LogP contribution in [0.3, 0.4) is 0 Å². The molecule has 2 aliphatic heterocycles. The first-order chi connectivity index (χ1) is 15.8. The highest BCUT2D eigenvalue weighted by Gasteiger charge is 2.39. The third-order valence-electron chi connectivity index (χ3n) is 5.58. The molecule has 2 aliphatic rings. The summed E-state index contributed by atoms with van der Waals surface area (Å²) in [7, 11) is 1.37. The first kappa shape index (κ1) is 20.8. The largest absolute Gasteiger partial charge is 0.322 e. The van der Waals surface area contributed by atoms with Crippen molar-refractivity contribution < 1.29 is 24.0 Å². The van der Waals surface area contributed by atoms with Crippen LogP contribution in [0.25, 0.3) is 0 Å². The van der Waals surface area contributed by atoms with E-state index in [1.807, 2.05) is 0 Å². The van der Waals surface area contributed by atoms with Crippen LogP contribution < -0.4 is 10.2 Å². The van der Waals surface area contributed by atoms with Gasteiger partial charge in [0.05, 0.1) is 27.9 Å². The summed E-state index contributed by atoms with van der Waals surface area (Å²) in [6.07, 6.45) is 0. The normalized spacial score (nSPS) is 14.6. The van der Waals surface area contributed by atoms with Crippen molar-refractivity contribution in [2.45, 2.75) is 0 Å². The highest BCUT2D eigenvalue weighted by molar-refractivity contribution is 9.10. The summed E-state index contributed by atoms with van der Waals surface area (Å²) in [5.74, 6) is -2.42. The zero-order valence-corrected chi connectivity index (χ0v) is 18.7. The molecule has 0 aromatic heterocycles. The summed E-state index contributed by atoms with van der Waals surface area (Å²) in [4.78, 5) is 64.9. The maximum Gasteiger partial charge on any atom is 0.266 e. The van der Waals surface area contributed by atoms with Gasteiger partial charge in [0, 0.05) is 22.8 Å². The standard InChI is InChI=1S/C24H14BrN3O5/c1-27-21(30)16-9-7-15(11-19(16)22(27)31)28-23(32)17-8-6-14(10-18(17)24(28)33)26-20(29)12-2-4-13(25)5-3-12/h2-11H,1H3,(H,26,29). The van der Waals surface area contributed by atoms with Crippen LogP contribution in [0.4, 0.5) is 11.4 Å². The molecule has 8 nitrogen and oxygen atoms in total. The van der Waals surface area contributed by atoms with Gasteiger partial charge in [0.1, 0.15) is 0 Å². The number of amides is 5. The van der Waals surface area contributed by atoms with Crippen LogP contribution in [0.1, 0.15) is 51.8 Å². The van der Waals surface area contributed by atoms with Gasteiger partial charge in [0.15, 0.2) is 0 Å². The number of hydrogen-bond acceptors (Lipinski definition) is 5. The molecular formula is C24H14BrN3O5. The van der Waals surface area contributed by atoms with Gasteiger partial charge < -0.3 is 5.32 Å². The molecule has 0 aliphatic carbocycles. The third kappa shape index (κ3) is 3.25. The van der Waals surface area contributed by atoms with Gasteiger partial charge in [-0.05, 0) is 60.7 Å². The molecule has 5 rings (SSSR count). The predicted octanol–water partition coefficient (Wildman–Crippen LogP) is 3.73. The Morgan fingerprint density at radius 1 is 0.727 bits per heavy atom. The second-order valence-electron chi connectivity index (χ2n) is 7.57. The molecule has 0 saturated carbocycles. The number of fused-ring (bicyclic) bond motifs is 2. The molecule has 5 amide bonds. The lowest BCUT2D eigenvalue weighted by molar-refractivity contribution is 0.0691. The van der Waals surface area contributed by atoms with Gasteiger partial charge in [0.2, 0.25) is 0 Å². The number of carbonyl (C=O) groups excluding carboxylic acids is 5. The summed E-state index contributed by atoms with van der Waals surface area (Å²) < 4.78 is 0.838. The molecule has 2 heterocycles. The monoisotopic (exact) mass is 503 g/mol. The fraction of sp³-hybridized carbons (Fsp3) is 0.0417. The van der Waals surface area contributed by atoms with Gasteiger partial charge >= 0.3 is 0 Å². The van der Waals surface area contributed by atoms with E-state index in [4.69, 9.17) is 0 Å². The quantitative estimate of drug-likeness (QED) is 0.548. The van der Waals surface area contributed by atoms with Crippen LogP contribution in [0, 0.1) is 0 Å². The Labute approximate surface area is 195 Å². The Hall–Kier alpha value is -4.11. The predicted molar refractivity (Wildman–Crippen MR) is 123 cm³/mol. The molecular weight excluding hydrogens is 490 g/mol. The van der Waals surface area contributed by atoms with E-state index in [9.17, 15) is 24.0 Å². The van der Waals surface area contributed by atoms with Crippen molar-refractivity contribution in [2.75, 3.05) is 17.3 Å². The first-order valence-corrected chi connectivity index (χ1v) is 10.6. The summed E-state index contributed by atoms with van der Waals surface area (Å²) in [5, 5.41) is 2.72. The van der Waals surface area contributed by atoms with Crippen LogP contribution in [0.2, 0.25) is 0 Å². The minimum Gasteiger partial charge on any atom is -0.322 e. The average molecular weight is 504 g/mol. The van der Waals surface area contributed by atoms with Gasteiger partial charge in [0.25, 0.3) is 29.5 Å². The summed E-state index contributed by atoms with van der Waals surface area (Å²) >= 11 is 3.31. The number of nitrogens with zero attached hydrogens (tertiary/aromatic N) is 2. The first-order valence-electron chi connectivity index (χ1n) is 9.82. The smallest absolute Gasteiger partial charge is 0.266 e. The third-order valence-corrected chi connectivity index (χ3v) is 6.11. The Morgan fingerprint density at radius 2 is 1.30 bits per heavy atom. The molecule has 0 atom stereocenters. The Morgan fingerprint density at radius 3 is 2.03 bits per heavy atom. The summed E-state index contributed by atoms with van der Waals surface area (Å²) in [5.41, 5.74) is 1.66. The van der Waals surface area contributed by atoms with E-state index in [0.717, 1.165) is 14.3 Å². The second-order valence-corrected chi connectivity index (χ2v) is 8.48. The zero-order chi connectivity index (χ0) is 23.4. The maximum atomic E-state index is 13.1. The van der Waals surface area contributed by atoms with E-state index < -0.39 is 23.6 Å². The van der Waals surface area contributed by atoms with Gasteiger partial charge in [-0.15, -0.1) is 0 Å². The van der Waals surface area contributed by atoms with Crippen molar-refractivity contribution in [2.24, 2.45) is 0 Å². The second kappa shape index (κ2) is 7.49. The van der Waals surface area contributed by atoms with Crippen molar-refractivity contribution in [1.82, 2.24) is 4.90 Å². The van der Waals surface area contributed by atoms with E-state index in [1.165, 1.54) is 37.4 Å². The van der Waals surface area contributed by atoms with Crippen LogP contribution in [-0.2, 0) is 0 Å². The van der Waals surface area contributed by atoms with Crippen LogP contribution >= 0.6 is 15.9 Å². The fourth-order valence-corrected chi connectivity index (χ4v) is 4.11. The number of imide groups is 2. The van der Waals surface area contributed by atoms with E-state index >= 15 is 0 Å². The molecule has 162 valence electrons. The molecule has 0 spiro atoms. The number of halogens is 1. The molecule has 3 aromatic carbocycles. The van der Waals surface area contributed by atoms with Crippen molar-refractivity contribution in [3.05, 3.63) is 93.0 Å². The van der Waals surface area contributed by atoms with E-state index in [0.29, 0.717) is 11.3 Å². The molecule has 0 bridgehead atoms. The Balaban J connectivity index is 1.44. The van der Waals surface area contributed by atoms with Crippen LogP contribution in [0.5, 0.6) is 0 Å². The minimum atomic E-state index is -0.584. The van der Waals surface area contributed by atoms with Gasteiger partial charge in [-0.2, -0.15) is 0 Å². The highest BCUT2D eigenvalue weighted by Crippen LogP contribution is 2.33. The highest BCUT2D eigenvalue weighted by atomic mass is 79.9. The maximum absolute atomic E-state index is 13.1. The van der Waals surface area contributed by atoms with Crippen LogP contribution in [-0.4, -0.2) is 41.5 Å². The van der Waals surface area contributed by atoms with Crippen molar-refractivity contribution >= 4 is 56.8 Å². The summed E-state index contributed by atoms with van der Waals surface area (Å²) in [6, 6.07) is 15.5. The molecule has 0 saturated heterocycles. The fourth-order valence-electron chi connectivity index (χ4n) is 3.85. The van der Waals surface area contributed by atoms with Crippen molar-refractivity contribution in [3.8, 4) is 0 Å². The van der Waals surface area contributed by atoms with Gasteiger partial charge in [-0.1, -0.05) is 15.9 Å². The van der Waals surface area contributed by atoms with E-state index in [-0.39, 0.29) is 33.8 Å². The lowest BCUT2D eigenvalue weighted by atomic mass is 10.1. The van der Waals surface area contributed by atoms with Crippen molar-refractivity contribution in [1.29, 1.82) is 0 Å². The van der Waals surface area contributed by atoms with Crippen LogP contribution in [0.15, 0.2) is 65.1 Å². The summed E-state index contributed by atoms with van der Waals surface area (Å²) in [6.45, 7) is 0. The lowest BCUT2D eigenvalue weighted by Gasteiger charge is -2.14. The Kier molecular flexibility index (Phi) is 4.71. The number of carbonyl (C=O) groups is 5. The Bertz CT molecular complexity index is 1410. The minimum absolute atomic E-state index is 0.133. The van der Waals surface area contributed by atoms with Gasteiger partial charge in [-0.25, -0.2) is 4.90 Å². The molecule has 33 heavy (non-hydrogen) atoms. The number of anilines is 2. The average Bonchev–Trinajstić information content (AvgIpc) is 3.18. The number of hydrogen-bond donors (Lipinski definition) is 1. The lowest BCUT2D eigenvalue weighted by Crippen LogP contribution is -2.29.